The molecular formula is C13H14N2O3. The largest absolute Gasteiger partial charge is 0.486 e. The number of ether oxygens (including phenoxy) is 2. The molecule has 1 aliphatic heterocycles. The minimum Gasteiger partial charge on any atom is -0.486 e. The van der Waals surface area contributed by atoms with Crippen LogP contribution in [0.1, 0.15) is 11.3 Å². The highest BCUT2D eigenvalue weighted by Crippen LogP contribution is 2.30. The number of aromatic nitrogens is 1. The van der Waals surface area contributed by atoms with Gasteiger partial charge in [-0.2, -0.15) is 0 Å². The summed E-state index contributed by atoms with van der Waals surface area (Å²) in [4.78, 5) is 0. The van der Waals surface area contributed by atoms with Crippen LogP contribution in [0.15, 0.2) is 35.0 Å². The Hall–Kier alpha value is -2.01. The third-order valence-corrected chi connectivity index (χ3v) is 2.73. The van der Waals surface area contributed by atoms with Gasteiger partial charge in [0.15, 0.2) is 11.5 Å². The molecule has 94 valence electrons. The first-order valence-corrected chi connectivity index (χ1v) is 5.90. The summed E-state index contributed by atoms with van der Waals surface area (Å²) in [5, 5.41) is 6.93. The molecule has 18 heavy (non-hydrogen) atoms. The molecule has 0 saturated carbocycles. The van der Waals surface area contributed by atoms with E-state index in [0.717, 1.165) is 29.4 Å². The van der Waals surface area contributed by atoms with Gasteiger partial charge in [-0.25, -0.2) is 0 Å². The Bertz CT molecular complexity index is 511. The van der Waals surface area contributed by atoms with Gasteiger partial charge in [-0.15, -0.1) is 0 Å². The maximum atomic E-state index is 5.54. The summed E-state index contributed by atoms with van der Waals surface area (Å²) >= 11 is 0. The standard InChI is InChI=1S/C13H14N2O3/c1-2-12-13(17-6-5-16-12)7-10(1)8-14-9-11-3-4-15-18-11/h1-4,7,14H,5-6,8-9H2. The van der Waals surface area contributed by atoms with Crippen LogP contribution in [0.2, 0.25) is 0 Å². The Morgan fingerprint density at radius 1 is 1.06 bits per heavy atom. The molecule has 0 bridgehead atoms. The Morgan fingerprint density at radius 3 is 2.78 bits per heavy atom. The van der Waals surface area contributed by atoms with E-state index < -0.39 is 0 Å². The summed E-state index contributed by atoms with van der Waals surface area (Å²) in [5.74, 6) is 2.47. The minimum atomic E-state index is 0.613. The number of fused-ring (bicyclic) bond motifs is 1. The van der Waals surface area contributed by atoms with Crippen LogP contribution in [0.25, 0.3) is 0 Å². The summed E-state index contributed by atoms with van der Waals surface area (Å²) < 4.78 is 16.0. The van der Waals surface area contributed by atoms with Gasteiger partial charge in [0.05, 0.1) is 12.7 Å². The maximum Gasteiger partial charge on any atom is 0.161 e. The molecule has 5 nitrogen and oxygen atoms in total. The van der Waals surface area contributed by atoms with Crippen LogP contribution >= 0.6 is 0 Å². The van der Waals surface area contributed by atoms with Gasteiger partial charge in [-0.1, -0.05) is 11.2 Å². The summed E-state index contributed by atoms with van der Waals surface area (Å²) in [5.41, 5.74) is 1.15. The van der Waals surface area contributed by atoms with Gasteiger partial charge in [0.1, 0.15) is 19.0 Å². The summed E-state index contributed by atoms with van der Waals surface area (Å²) in [7, 11) is 0. The van der Waals surface area contributed by atoms with Gasteiger partial charge in [0.25, 0.3) is 0 Å². The molecule has 0 atom stereocenters. The van der Waals surface area contributed by atoms with E-state index in [9.17, 15) is 0 Å². The van der Waals surface area contributed by atoms with Crippen molar-refractivity contribution in [1.29, 1.82) is 0 Å². The van der Waals surface area contributed by atoms with E-state index in [1.54, 1.807) is 6.20 Å². The monoisotopic (exact) mass is 246 g/mol. The Kier molecular flexibility index (Phi) is 3.14. The molecule has 0 unspecified atom stereocenters. The molecule has 2 aromatic rings. The lowest BCUT2D eigenvalue weighted by Gasteiger charge is -2.18. The van der Waals surface area contributed by atoms with Crippen molar-refractivity contribution in [3.63, 3.8) is 0 Å². The van der Waals surface area contributed by atoms with Crippen molar-refractivity contribution in [2.75, 3.05) is 13.2 Å². The molecule has 1 aromatic carbocycles. The van der Waals surface area contributed by atoms with Crippen molar-refractivity contribution in [2.24, 2.45) is 0 Å². The quantitative estimate of drug-likeness (QED) is 0.890. The van der Waals surface area contributed by atoms with E-state index in [1.165, 1.54) is 0 Å². The first-order valence-electron chi connectivity index (χ1n) is 5.90. The molecule has 2 heterocycles. The van der Waals surface area contributed by atoms with Gasteiger partial charge in [-0.05, 0) is 17.7 Å². The van der Waals surface area contributed by atoms with Crippen molar-refractivity contribution >= 4 is 0 Å². The lowest BCUT2D eigenvalue weighted by atomic mass is 10.2. The number of benzene rings is 1. The molecular weight excluding hydrogens is 232 g/mol. The van der Waals surface area contributed by atoms with Crippen molar-refractivity contribution < 1.29 is 14.0 Å². The summed E-state index contributed by atoms with van der Waals surface area (Å²) in [6.07, 6.45) is 1.64. The fraction of sp³-hybridized carbons (Fsp3) is 0.308. The van der Waals surface area contributed by atoms with Crippen molar-refractivity contribution in [3.8, 4) is 11.5 Å². The molecule has 0 spiro atoms. The fourth-order valence-corrected chi connectivity index (χ4v) is 1.86. The molecule has 0 radical (unpaired) electrons. The Balaban J connectivity index is 1.59. The zero-order chi connectivity index (χ0) is 12.2. The predicted molar refractivity (Wildman–Crippen MR) is 64.5 cm³/mol. The van der Waals surface area contributed by atoms with Gasteiger partial charge >= 0.3 is 0 Å². The van der Waals surface area contributed by atoms with E-state index in [-0.39, 0.29) is 0 Å². The second kappa shape index (κ2) is 5.10. The van der Waals surface area contributed by atoms with Crippen molar-refractivity contribution in [1.82, 2.24) is 10.5 Å². The number of hydrogen-bond acceptors (Lipinski definition) is 5. The molecule has 0 saturated heterocycles. The van der Waals surface area contributed by atoms with Crippen molar-refractivity contribution in [3.05, 3.63) is 41.8 Å². The highest BCUT2D eigenvalue weighted by molar-refractivity contribution is 5.43. The Labute approximate surface area is 105 Å². The number of hydrogen-bond donors (Lipinski definition) is 1. The predicted octanol–water partition coefficient (Wildman–Crippen LogP) is 1.74. The van der Waals surface area contributed by atoms with E-state index in [0.29, 0.717) is 19.8 Å². The normalized spacial score (nSPS) is 13.6. The lowest BCUT2D eigenvalue weighted by molar-refractivity contribution is 0.171. The first-order chi connectivity index (χ1) is 8.92. The number of rotatable bonds is 4. The third kappa shape index (κ3) is 2.46. The van der Waals surface area contributed by atoms with E-state index in [2.05, 4.69) is 10.5 Å². The van der Waals surface area contributed by atoms with Crippen LogP contribution in [0.3, 0.4) is 0 Å². The lowest BCUT2D eigenvalue weighted by Crippen LogP contribution is -2.16. The third-order valence-electron chi connectivity index (χ3n) is 2.73. The van der Waals surface area contributed by atoms with Gasteiger partial charge in [-0.3, -0.25) is 0 Å². The van der Waals surface area contributed by atoms with Gasteiger partial charge in [0.2, 0.25) is 0 Å². The smallest absolute Gasteiger partial charge is 0.161 e. The average Bonchev–Trinajstić information content (AvgIpc) is 2.92. The second-order valence-corrected chi connectivity index (χ2v) is 4.06. The highest BCUT2D eigenvalue weighted by atomic mass is 16.6. The number of nitrogens with one attached hydrogen (secondary N) is 1. The number of nitrogens with zero attached hydrogens (tertiary/aromatic N) is 1. The average molecular weight is 246 g/mol. The zero-order valence-corrected chi connectivity index (χ0v) is 9.89. The fourth-order valence-electron chi connectivity index (χ4n) is 1.86. The van der Waals surface area contributed by atoms with Crippen LogP contribution in [-0.2, 0) is 13.1 Å². The SMILES string of the molecule is c1cc(CNCc2ccc3c(c2)OCCO3)on1. The van der Waals surface area contributed by atoms with Crippen LogP contribution in [-0.4, -0.2) is 18.4 Å². The highest BCUT2D eigenvalue weighted by Gasteiger charge is 2.11. The van der Waals surface area contributed by atoms with Crippen molar-refractivity contribution in [2.45, 2.75) is 13.1 Å². The summed E-state index contributed by atoms with van der Waals surface area (Å²) in [6, 6.07) is 7.82. The van der Waals surface area contributed by atoms with E-state index in [4.69, 9.17) is 14.0 Å². The van der Waals surface area contributed by atoms with E-state index >= 15 is 0 Å². The molecule has 0 fully saturated rings. The minimum absolute atomic E-state index is 0.613. The second-order valence-electron chi connectivity index (χ2n) is 4.06. The maximum absolute atomic E-state index is 5.54. The van der Waals surface area contributed by atoms with Crippen LogP contribution in [0.4, 0.5) is 0 Å². The molecule has 5 heteroatoms. The van der Waals surface area contributed by atoms with Gasteiger partial charge in [0, 0.05) is 12.6 Å². The first kappa shape index (κ1) is 11.1. The molecule has 1 N–H and O–H groups in total. The Morgan fingerprint density at radius 2 is 1.94 bits per heavy atom. The van der Waals surface area contributed by atoms with Crippen LogP contribution < -0.4 is 14.8 Å². The molecule has 1 aliphatic rings. The molecule has 1 aromatic heterocycles. The molecule has 0 amide bonds. The van der Waals surface area contributed by atoms with Crippen LogP contribution in [0, 0.1) is 0 Å². The zero-order valence-electron chi connectivity index (χ0n) is 9.89. The molecule has 3 rings (SSSR count). The van der Waals surface area contributed by atoms with E-state index in [1.807, 2.05) is 24.3 Å². The molecule has 0 aliphatic carbocycles. The van der Waals surface area contributed by atoms with Crippen LogP contribution in [0.5, 0.6) is 11.5 Å². The van der Waals surface area contributed by atoms with Gasteiger partial charge < -0.3 is 19.3 Å². The summed E-state index contributed by atoms with van der Waals surface area (Å²) in [6.45, 7) is 2.64. The topological polar surface area (TPSA) is 56.5 Å².